The molecule has 0 aliphatic rings. The van der Waals surface area contributed by atoms with Gasteiger partial charge in [0.15, 0.2) is 0 Å². The van der Waals surface area contributed by atoms with Crippen molar-refractivity contribution in [1.29, 1.82) is 0 Å². The number of nitrogens with two attached hydrogens (primary N) is 1. The first-order chi connectivity index (χ1) is 5.18. The van der Waals surface area contributed by atoms with Crippen molar-refractivity contribution in [2.24, 2.45) is 0 Å². The number of anilines is 1. The zero-order valence-corrected chi connectivity index (χ0v) is 6.78. The van der Waals surface area contributed by atoms with Crippen LogP contribution in [0.3, 0.4) is 0 Å². The summed E-state index contributed by atoms with van der Waals surface area (Å²) in [5.41, 5.74) is 6.02. The van der Waals surface area contributed by atoms with Gasteiger partial charge in [-0.15, -0.1) is 0 Å². The Hall–Kier alpha value is -1.16. The molecule has 0 spiro atoms. The lowest BCUT2D eigenvalue weighted by molar-refractivity contribution is 0.390. The van der Waals surface area contributed by atoms with Gasteiger partial charge in [-0.25, -0.2) is 9.97 Å². The van der Waals surface area contributed by atoms with Crippen molar-refractivity contribution in [2.45, 2.75) is 6.54 Å². The molecule has 2 N–H and O–H groups in total. The van der Waals surface area contributed by atoms with Gasteiger partial charge in [0.2, 0.25) is 0 Å². The number of aromatic nitrogens is 2. The summed E-state index contributed by atoms with van der Waals surface area (Å²) in [6.45, 7) is 0.750. The maximum Gasteiger partial charge on any atom is 0.142 e. The average Bonchev–Trinajstić information content (AvgIpc) is 1.93. The van der Waals surface area contributed by atoms with Crippen molar-refractivity contribution in [1.82, 2.24) is 14.9 Å². The molecular formula is C7H12N4. The Morgan fingerprint density at radius 1 is 1.36 bits per heavy atom. The zero-order valence-electron chi connectivity index (χ0n) is 6.78. The van der Waals surface area contributed by atoms with E-state index in [-0.39, 0.29) is 0 Å². The largest absolute Gasteiger partial charge is 0.396 e. The molecule has 1 aromatic heterocycles. The number of rotatable bonds is 2. The second-order valence-electron chi connectivity index (χ2n) is 2.67. The van der Waals surface area contributed by atoms with Crippen LogP contribution in [0.25, 0.3) is 0 Å². The summed E-state index contributed by atoms with van der Waals surface area (Å²) < 4.78 is 0. The summed E-state index contributed by atoms with van der Waals surface area (Å²) >= 11 is 0. The van der Waals surface area contributed by atoms with E-state index in [1.165, 1.54) is 0 Å². The molecule has 0 bridgehead atoms. The van der Waals surface area contributed by atoms with Gasteiger partial charge in [0, 0.05) is 0 Å². The van der Waals surface area contributed by atoms with Crippen LogP contribution < -0.4 is 5.73 Å². The number of hydrogen-bond acceptors (Lipinski definition) is 4. The van der Waals surface area contributed by atoms with Crippen molar-refractivity contribution < 1.29 is 0 Å². The number of nitrogen functional groups attached to an aromatic ring is 1. The quantitative estimate of drug-likeness (QED) is 0.654. The first-order valence-corrected chi connectivity index (χ1v) is 3.39. The molecule has 0 aliphatic carbocycles. The fourth-order valence-corrected chi connectivity index (χ4v) is 0.729. The van der Waals surface area contributed by atoms with Gasteiger partial charge in [-0.05, 0) is 14.1 Å². The van der Waals surface area contributed by atoms with Crippen LogP contribution in [0, 0.1) is 0 Å². The van der Waals surface area contributed by atoms with Crippen molar-refractivity contribution in [3.05, 3.63) is 18.2 Å². The minimum absolute atomic E-state index is 0.604. The average molecular weight is 152 g/mol. The van der Waals surface area contributed by atoms with Gasteiger partial charge in [-0.2, -0.15) is 0 Å². The van der Waals surface area contributed by atoms with Gasteiger partial charge < -0.3 is 10.6 Å². The fourth-order valence-electron chi connectivity index (χ4n) is 0.729. The van der Waals surface area contributed by atoms with E-state index in [1.54, 1.807) is 12.4 Å². The van der Waals surface area contributed by atoms with Crippen LogP contribution in [0.2, 0.25) is 0 Å². The van der Waals surface area contributed by atoms with Crippen LogP contribution in [-0.4, -0.2) is 29.0 Å². The molecule has 0 radical (unpaired) electrons. The van der Waals surface area contributed by atoms with Crippen LogP contribution in [0.15, 0.2) is 12.4 Å². The summed E-state index contributed by atoms with van der Waals surface area (Å²) in [5.74, 6) is 0.796. The van der Waals surface area contributed by atoms with Gasteiger partial charge >= 0.3 is 0 Å². The van der Waals surface area contributed by atoms with Crippen LogP contribution in [0.5, 0.6) is 0 Å². The lowest BCUT2D eigenvalue weighted by atomic mass is 10.5. The van der Waals surface area contributed by atoms with Crippen LogP contribution in [-0.2, 0) is 6.54 Å². The predicted octanol–water partition coefficient (Wildman–Crippen LogP) is 0.120. The normalized spacial score (nSPS) is 10.5. The topological polar surface area (TPSA) is 55.0 Å². The van der Waals surface area contributed by atoms with Crippen LogP contribution in [0.4, 0.5) is 5.69 Å². The molecule has 0 fully saturated rings. The summed E-state index contributed by atoms with van der Waals surface area (Å²) in [4.78, 5) is 10.1. The molecule has 0 unspecified atom stereocenters. The maximum absolute atomic E-state index is 5.42. The van der Waals surface area contributed by atoms with Gasteiger partial charge in [-0.3, -0.25) is 0 Å². The Bertz CT molecular complexity index is 216. The second kappa shape index (κ2) is 3.30. The Morgan fingerprint density at radius 3 is 2.36 bits per heavy atom. The Morgan fingerprint density at radius 2 is 1.91 bits per heavy atom. The first kappa shape index (κ1) is 7.94. The second-order valence-corrected chi connectivity index (χ2v) is 2.67. The van der Waals surface area contributed by atoms with Crippen molar-refractivity contribution in [3.63, 3.8) is 0 Å². The zero-order chi connectivity index (χ0) is 8.27. The van der Waals surface area contributed by atoms with E-state index < -0.39 is 0 Å². The lowest BCUT2D eigenvalue weighted by Gasteiger charge is -2.06. The number of nitrogens with zero attached hydrogens (tertiary/aromatic N) is 3. The highest BCUT2D eigenvalue weighted by Gasteiger charge is 1.96. The minimum atomic E-state index is 0.604. The monoisotopic (exact) mass is 152 g/mol. The molecule has 0 atom stereocenters. The van der Waals surface area contributed by atoms with Crippen LogP contribution >= 0.6 is 0 Å². The predicted molar refractivity (Wildman–Crippen MR) is 43.8 cm³/mol. The molecule has 1 rings (SSSR count). The molecule has 1 heterocycles. The van der Waals surface area contributed by atoms with E-state index in [2.05, 4.69) is 9.97 Å². The van der Waals surface area contributed by atoms with Crippen molar-refractivity contribution in [3.8, 4) is 0 Å². The van der Waals surface area contributed by atoms with Crippen molar-refractivity contribution in [2.75, 3.05) is 19.8 Å². The minimum Gasteiger partial charge on any atom is -0.396 e. The Balaban J connectivity index is 2.66. The molecule has 60 valence electrons. The van der Waals surface area contributed by atoms with E-state index in [0.717, 1.165) is 12.4 Å². The van der Waals surface area contributed by atoms with E-state index in [4.69, 9.17) is 5.73 Å². The lowest BCUT2D eigenvalue weighted by Crippen LogP contribution is -2.13. The van der Waals surface area contributed by atoms with E-state index in [1.807, 2.05) is 19.0 Å². The standard InChI is InChI=1S/C7H12N4/c1-11(2)5-7-9-3-6(8)4-10-7/h3-4H,5,8H2,1-2H3. The molecule has 0 amide bonds. The third kappa shape index (κ3) is 2.51. The fraction of sp³-hybridized carbons (Fsp3) is 0.429. The SMILES string of the molecule is CN(C)Cc1ncc(N)cn1. The molecule has 0 aromatic carbocycles. The van der Waals surface area contributed by atoms with Crippen molar-refractivity contribution >= 4 is 5.69 Å². The third-order valence-electron chi connectivity index (χ3n) is 1.18. The summed E-state index contributed by atoms with van der Waals surface area (Å²) in [6, 6.07) is 0. The summed E-state index contributed by atoms with van der Waals surface area (Å²) in [5, 5.41) is 0. The molecular weight excluding hydrogens is 140 g/mol. The van der Waals surface area contributed by atoms with E-state index in [9.17, 15) is 0 Å². The molecule has 0 saturated heterocycles. The third-order valence-corrected chi connectivity index (χ3v) is 1.18. The van der Waals surface area contributed by atoms with Gasteiger partial charge in [-0.1, -0.05) is 0 Å². The van der Waals surface area contributed by atoms with Gasteiger partial charge in [0.05, 0.1) is 24.6 Å². The molecule has 0 aliphatic heterocycles. The van der Waals surface area contributed by atoms with Crippen LogP contribution in [0.1, 0.15) is 5.82 Å². The number of hydrogen-bond donors (Lipinski definition) is 1. The molecule has 11 heavy (non-hydrogen) atoms. The first-order valence-electron chi connectivity index (χ1n) is 3.39. The summed E-state index contributed by atoms with van der Waals surface area (Å²) in [6.07, 6.45) is 3.23. The van der Waals surface area contributed by atoms with E-state index >= 15 is 0 Å². The molecule has 4 heteroatoms. The highest BCUT2D eigenvalue weighted by molar-refractivity contribution is 5.29. The highest BCUT2D eigenvalue weighted by atomic mass is 15.1. The maximum atomic E-state index is 5.42. The smallest absolute Gasteiger partial charge is 0.142 e. The Labute approximate surface area is 66.1 Å². The highest BCUT2D eigenvalue weighted by Crippen LogP contribution is 1.97. The molecule has 4 nitrogen and oxygen atoms in total. The Kier molecular flexibility index (Phi) is 2.38. The van der Waals surface area contributed by atoms with Gasteiger partial charge in [0.1, 0.15) is 5.82 Å². The molecule has 1 aromatic rings. The van der Waals surface area contributed by atoms with E-state index in [0.29, 0.717) is 5.69 Å². The summed E-state index contributed by atoms with van der Waals surface area (Å²) in [7, 11) is 3.94. The molecule has 0 saturated carbocycles. The van der Waals surface area contributed by atoms with Gasteiger partial charge in [0.25, 0.3) is 0 Å².